The number of esters is 2. The van der Waals surface area contributed by atoms with E-state index in [1.807, 2.05) is 18.2 Å². The zero-order chi connectivity index (χ0) is 13.7. The molecule has 2 aromatic carbocycles. The molecule has 4 nitrogen and oxygen atoms in total. The summed E-state index contributed by atoms with van der Waals surface area (Å²) in [6.07, 6.45) is 0. The van der Waals surface area contributed by atoms with Gasteiger partial charge >= 0.3 is 11.9 Å². The minimum absolute atomic E-state index is 0.267. The van der Waals surface area contributed by atoms with E-state index in [-0.39, 0.29) is 5.56 Å². The Morgan fingerprint density at radius 2 is 1.58 bits per heavy atom. The largest absolute Gasteiger partial charge is 0.457 e. The van der Waals surface area contributed by atoms with E-state index in [0.29, 0.717) is 11.5 Å². The lowest BCUT2D eigenvalue weighted by molar-refractivity contribution is -0.135. The maximum Gasteiger partial charge on any atom is 0.345 e. The van der Waals surface area contributed by atoms with Crippen LogP contribution in [0.5, 0.6) is 11.5 Å². The molecule has 96 valence electrons. The van der Waals surface area contributed by atoms with Crippen molar-refractivity contribution in [3.05, 3.63) is 60.2 Å². The van der Waals surface area contributed by atoms with Gasteiger partial charge in [-0.2, -0.15) is 0 Å². The van der Waals surface area contributed by atoms with Crippen molar-refractivity contribution in [3.8, 4) is 11.5 Å². The van der Waals surface area contributed by atoms with Crippen LogP contribution in [0.1, 0.15) is 17.3 Å². The molecule has 0 fully saturated rings. The van der Waals surface area contributed by atoms with E-state index in [1.165, 1.54) is 13.0 Å². The Morgan fingerprint density at radius 1 is 0.895 bits per heavy atom. The molecule has 0 heterocycles. The molecule has 2 rings (SSSR count). The van der Waals surface area contributed by atoms with E-state index in [2.05, 4.69) is 4.74 Å². The molecule has 0 aliphatic heterocycles. The molecule has 0 amide bonds. The van der Waals surface area contributed by atoms with Crippen molar-refractivity contribution in [2.24, 2.45) is 0 Å². The lowest BCUT2D eigenvalue weighted by Crippen LogP contribution is -2.09. The topological polar surface area (TPSA) is 52.6 Å². The molecule has 0 unspecified atom stereocenters. The van der Waals surface area contributed by atoms with Crippen LogP contribution in [0, 0.1) is 0 Å². The van der Waals surface area contributed by atoms with Gasteiger partial charge < -0.3 is 9.47 Å². The number of hydrogen-bond acceptors (Lipinski definition) is 4. The number of hydrogen-bond donors (Lipinski definition) is 0. The summed E-state index contributed by atoms with van der Waals surface area (Å²) in [4.78, 5) is 22.3. The lowest BCUT2D eigenvalue weighted by atomic mass is 10.2. The van der Waals surface area contributed by atoms with E-state index in [4.69, 9.17) is 4.74 Å². The second-order valence-corrected chi connectivity index (χ2v) is 3.82. The van der Waals surface area contributed by atoms with Crippen LogP contribution < -0.4 is 4.74 Å². The molecule has 0 N–H and O–H groups in total. The number of para-hydroxylation sites is 1. The number of carbonyl (C=O) groups excluding carboxylic acids is 2. The summed E-state index contributed by atoms with van der Waals surface area (Å²) in [6, 6.07) is 15.7. The zero-order valence-corrected chi connectivity index (χ0v) is 10.3. The maximum atomic E-state index is 11.6. The van der Waals surface area contributed by atoms with Crippen LogP contribution in [0.15, 0.2) is 54.6 Å². The second kappa shape index (κ2) is 5.82. The highest BCUT2D eigenvalue weighted by Crippen LogP contribution is 2.22. The highest BCUT2D eigenvalue weighted by molar-refractivity contribution is 5.96. The van der Waals surface area contributed by atoms with Crippen LogP contribution in [0.3, 0.4) is 0 Å². The predicted octanol–water partition coefficient (Wildman–Crippen LogP) is 3.18. The molecular formula is C15H12O4. The fraction of sp³-hybridized carbons (Fsp3) is 0.0667. The van der Waals surface area contributed by atoms with Crippen molar-refractivity contribution in [1.29, 1.82) is 0 Å². The third kappa shape index (κ3) is 3.67. The summed E-state index contributed by atoms with van der Waals surface area (Å²) in [5.41, 5.74) is 0.267. The molecule has 0 aliphatic rings. The third-order valence-corrected chi connectivity index (χ3v) is 2.29. The Kier molecular flexibility index (Phi) is 3.93. The van der Waals surface area contributed by atoms with Crippen molar-refractivity contribution in [2.45, 2.75) is 6.92 Å². The average Bonchev–Trinajstić information content (AvgIpc) is 2.39. The van der Waals surface area contributed by atoms with Gasteiger partial charge in [-0.3, -0.25) is 4.79 Å². The van der Waals surface area contributed by atoms with Crippen molar-refractivity contribution in [1.82, 2.24) is 0 Å². The normalized spacial score (nSPS) is 9.74. The highest BCUT2D eigenvalue weighted by Gasteiger charge is 2.10. The first-order chi connectivity index (χ1) is 9.15. The van der Waals surface area contributed by atoms with Gasteiger partial charge in [-0.1, -0.05) is 24.3 Å². The monoisotopic (exact) mass is 256 g/mol. The first-order valence-electron chi connectivity index (χ1n) is 5.71. The number of benzene rings is 2. The SMILES string of the molecule is CC(=O)OC(=O)c1cccc(Oc2ccccc2)c1. The van der Waals surface area contributed by atoms with Gasteiger partial charge in [0.2, 0.25) is 0 Å². The smallest absolute Gasteiger partial charge is 0.345 e. The van der Waals surface area contributed by atoms with E-state index in [0.717, 1.165) is 0 Å². The third-order valence-electron chi connectivity index (χ3n) is 2.29. The maximum absolute atomic E-state index is 11.6. The predicted molar refractivity (Wildman–Crippen MR) is 69.1 cm³/mol. The Balaban J connectivity index is 2.15. The molecule has 0 saturated heterocycles. The van der Waals surface area contributed by atoms with Crippen molar-refractivity contribution >= 4 is 11.9 Å². The fourth-order valence-corrected chi connectivity index (χ4v) is 1.50. The van der Waals surface area contributed by atoms with Crippen molar-refractivity contribution in [2.75, 3.05) is 0 Å². The molecule has 0 spiro atoms. The number of rotatable bonds is 3. The Hall–Kier alpha value is -2.62. The van der Waals surface area contributed by atoms with Gasteiger partial charge in [0.25, 0.3) is 0 Å². The summed E-state index contributed by atoms with van der Waals surface area (Å²) in [6.45, 7) is 1.18. The first kappa shape index (κ1) is 12.8. The summed E-state index contributed by atoms with van der Waals surface area (Å²) in [5.74, 6) is -0.158. The van der Waals surface area contributed by atoms with Crippen LogP contribution in [-0.4, -0.2) is 11.9 Å². The molecule has 2 aromatic rings. The molecule has 19 heavy (non-hydrogen) atoms. The van der Waals surface area contributed by atoms with Gasteiger partial charge in [0.05, 0.1) is 5.56 Å². The Bertz CT molecular complexity index is 590. The van der Waals surface area contributed by atoms with E-state index in [1.54, 1.807) is 30.3 Å². The number of carbonyl (C=O) groups is 2. The standard InChI is InChI=1S/C15H12O4/c1-11(16)18-15(17)12-6-5-9-14(10-12)19-13-7-3-2-4-8-13/h2-10H,1H3. The number of ether oxygens (including phenoxy) is 2. The van der Waals surface area contributed by atoms with E-state index >= 15 is 0 Å². The molecule has 0 aromatic heterocycles. The van der Waals surface area contributed by atoms with Crippen LogP contribution in [0.4, 0.5) is 0 Å². The summed E-state index contributed by atoms with van der Waals surface area (Å²) in [5, 5.41) is 0. The van der Waals surface area contributed by atoms with Crippen LogP contribution >= 0.6 is 0 Å². The summed E-state index contributed by atoms with van der Waals surface area (Å²) in [7, 11) is 0. The zero-order valence-electron chi connectivity index (χ0n) is 10.3. The minimum Gasteiger partial charge on any atom is -0.457 e. The second-order valence-electron chi connectivity index (χ2n) is 3.82. The van der Waals surface area contributed by atoms with Crippen molar-refractivity contribution in [3.63, 3.8) is 0 Å². The molecule has 0 aliphatic carbocycles. The highest BCUT2D eigenvalue weighted by atomic mass is 16.6. The van der Waals surface area contributed by atoms with Crippen LogP contribution in [-0.2, 0) is 9.53 Å². The van der Waals surface area contributed by atoms with Gasteiger partial charge in [0, 0.05) is 6.92 Å². The van der Waals surface area contributed by atoms with E-state index < -0.39 is 11.9 Å². The lowest BCUT2D eigenvalue weighted by Gasteiger charge is -2.06. The summed E-state index contributed by atoms with van der Waals surface area (Å²) < 4.78 is 10.1. The quantitative estimate of drug-likeness (QED) is 0.625. The summed E-state index contributed by atoms with van der Waals surface area (Å²) >= 11 is 0. The molecular weight excluding hydrogens is 244 g/mol. The molecule has 0 bridgehead atoms. The van der Waals surface area contributed by atoms with Gasteiger partial charge in [0.1, 0.15) is 11.5 Å². The molecule has 0 atom stereocenters. The van der Waals surface area contributed by atoms with Crippen LogP contribution in [0.2, 0.25) is 0 Å². The fourth-order valence-electron chi connectivity index (χ4n) is 1.50. The Morgan fingerprint density at radius 3 is 2.26 bits per heavy atom. The van der Waals surface area contributed by atoms with Gasteiger partial charge in [-0.15, -0.1) is 0 Å². The minimum atomic E-state index is -0.689. The average molecular weight is 256 g/mol. The Labute approximate surface area is 110 Å². The van der Waals surface area contributed by atoms with Gasteiger partial charge in [-0.25, -0.2) is 4.79 Å². The molecule has 4 heteroatoms. The van der Waals surface area contributed by atoms with Crippen molar-refractivity contribution < 1.29 is 19.1 Å². The first-order valence-corrected chi connectivity index (χ1v) is 5.71. The van der Waals surface area contributed by atoms with Gasteiger partial charge in [0.15, 0.2) is 0 Å². The van der Waals surface area contributed by atoms with Gasteiger partial charge in [-0.05, 0) is 30.3 Å². The van der Waals surface area contributed by atoms with E-state index in [9.17, 15) is 9.59 Å². The molecule has 0 saturated carbocycles. The van der Waals surface area contributed by atoms with Crippen LogP contribution in [0.25, 0.3) is 0 Å². The molecule has 0 radical (unpaired) electrons.